The van der Waals surface area contributed by atoms with E-state index in [2.05, 4.69) is 20.6 Å². The minimum atomic E-state index is -1.09. The number of nitrogens with zero attached hydrogens (tertiary/aromatic N) is 4. The number of anilines is 1. The van der Waals surface area contributed by atoms with Gasteiger partial charge in [0.05, 0.1) is 28.2 Å². The van der Waals surface area contributed by atoms with Crippen molar-refractivity contribution < 1.29 is 13.6 Å². The summed E-state index contributed by atoms with van der Waals surface area (Å²) in [6.45, 7) is 0. The van der Waals surface area contributed by atoms with Gasteiger partial charge >= 0.3 is 0 Å². The van der Waals surface area contributed by atoms with Crippen LogP contribution in [0, 0.1) is 23.1 Å². The summed E-state index contributed by atoms with van der Waals surface area (Å²) >= 11 is 6.25. The number of halogens is 3. The predicted molar refractivity (Wildman–Crippen MR) is 102 cm³/mol. The molecule has 144 valence electrons. The maximum absolute atomic E-state index is 14.6. The predicted octanol–water partition coefficient (Wildman–Crippen LogP) is 3.84. The normalized spacial score (nSPS) is 18.1. The largest absolute Gasteiger partial charge is 0.309 e. The highest BCUT2D eigenvalue weighted by molar-refractivity contribution is 6.35. The van der Waals surface area contributed by atoms with Crippen molar-refractivity contribution in [1.29, 1.82) is 5.26 Å². The van der Waals surface area contributed by atoms with Crippen LogP contribution in [0.2, 0.25) is 5.02 Å². The molecule has 1 saturated carbocycles. The molecule has 2 N–H and O–H groups in total. The summed E-state index contributed by atoms with van der Waals surface area (Å²) in [7, 11) is 0. The maximum atomic E-state index is 14.6. The number of benzene rings is 1. The number of H-pyrrole nitrogens is 1. The van der Waals surface area contributed by atoms with E-state index < -0.39 is 23.8 Å². The second-order valence-electron chi connectivity index (χ2n) is 6.81. The zero-order chi connectivity index (χ0) is 20.3. The summed E-state index contributed by atoms with van der Waals surface area (Å²) in [5.74, 6) is -1.56. The number of alkyl halides is 1. The van der Waals surface area contributed by atoms with Crippen molar-refractivity contribution in [2.24, 2.45) is 5.92 Å². The average Bonchev–Trinajstić information content (AvgIpc) is 3.08. The molecule has 4 aromatic rings. The topological polar surface area (TPSA) is 98.9 Å². The molecule has 2 atom stereocenters. The zero-order valence-electron chi connectivity index (χ0n) is 14.6. The van der Waals surface area contributed by atoms with Crippen molar-refractivity contribution in [2.45, 2.75) is 12.6 Å². The quantitative estimate of drug-likeness (QED) is 0.534. The fraction of sp³-hybridized carbons (Fsp3) is 0.158. The van der Waals surface area contributed by atoms with Gasteiger partial charge in [-0.1, -0.05) is 11.6 Å². The summed E-state index contributed by atoms with van der Waals surface area (Å²) in [6, 6.07) is 6.83. The Morgan fingerprint density at radius 2 is 2.24 bits per heavy atom. The van der Waals surface area contributed by atoms with Crippen LogP contribution in [0.25, 0.3) is 27.5 Å². The maximum Gasteiger partial charge on any atom is 0.231 e. The molecule has 3 aromatic heterocycles. The number of amides is 1. The Hall–Kier alpha value is -3.51. The Labute approximate surface area is 166 Å². The van der Waals surface area contributed by atoms with Crippen LogP contribution in [0.15, 0.2) is 30.6 Å². The molecule has 0 saturated heterocycles. The highest BCUT2D eigenvalue weighted by Crippen LogP contribution is 2.39. The van der Waals surface area contributed by atoms with E-state index in [1.165, 1.54) is 10.7 Å². The number of hydrogen-bond donors (Lipinski definition) is 2. The molecule has 10 heteroatoms. The van der Waals surface area contributed by atoms with E-state index in [0.717, 1.165) is 0 Å². The van der Waals surface area contributed by atoms with Gasteiger partial charge in [0.2, 0.25) is 5.91 Å². The van der Waals surface area contributed by atoms with Gasteiger partial charge in [-0.2, -0.15) is 15.5 Å². The molecule has 3 heterocycles. The SMILES string of the molecule is N#Cc1c(F)c(Cl)c(-c2ccn3nc(NC(=O)[C@@H]4C[C@@H]4F)cc3c2)c2cn[nH]c12. The van der Waals surface area contributed by atoms with Crippen LogP contribution in [0.5, 0.6) is 0 Å². The number of carbonyl (C=O) groups is 1. The standard InChI is InChI=1S/C19H11ClF2N6O/c20-16-15(12-7-24-26-18(12)11(6-23)17(16)22)8-1-2-28-9(3-8)4-14(27-28)25-19(29)10-5-13(10)21/h1-4,7,10,13H,5H2,(H,24,26)(H,25,27,29)/t10-,13+/m1/s1. The summed E-state index contributed by atoms with van der Waals surface area (Å²) in [5, 5.41) is 22.9. The van der Waals surface area contributed by atoms with Crippen molar-refractivity contribution in [3.8, 4) is 17.2 Å². The average molecular weight is 413 g/mol. The van der Waals surface area contributed by atoms with E-state index in [0.29, 0.717) is 22.0 Å². The van der Waals surface area contributed by atoms with E-state index in [-0.39, 0.29) is 28.3 Å². The minimum Gasteiger partial charge on any atom is -0.309 e. The molecule has 1 aromatic carbocycles. The highest BCUT2D eigenvalue weighted by Gasteiger charge is 2.43. The van der Waals surface area contributed by atoms with Crippen LogP contribution in [0.4, 0.5) is 14.6 Å². The van der Waals surface area contributed by atoms with Gasteiger partial charge in [0.1, 0.15) is 17.8 Å². The minimum absolute atomic E-state index is 0.185. The number of pyridine rings is 1. The van der Waals surface area contributed by atoms with Crippen molar-refractivity contribution in [3.05, 3.63) is 47.0 Å². The van der Waals surface area contributed by atoms with Crippen molar-refractivity contribution in [2.75, 3.05) is 5.32 Å². The first-order valence-electron chi connectivity index (χ1n) is 8.67. The van der Waals surface area contributed by atoms with Gasteiger partial charge in [0.25, 0.3) is 0 Å². The molecule has 7 nitrogen and oxygen atoms in total. The molecular formula is C19H11ClF2N6O. The second kappa shape index (κ2) is 6.25. The van der Waals surface area contributed by atoms with Crippen LogP contribution in [0.1, 0.15) is 12.0 Å². The number of nitrogens with one attached hydrogen (secondary N) is 2. The highest BCUT2D eigenvalue weighted by atomic mass is 35.5. The number of nitriles is 1. The lowest BCUT2D eigenvalue weighted by atomic mass is 9.99. The van der Waals surface area contributed by atoms with E-state index in [1.807, 2.05) is 0 Å². The third-order valence-electron chi connectivity index (χ3n) is 4.95. The lowest BCUT2D eigenvalue weighted by Crippen LogP contribution is -2.15. The summed E-state index contributed by atoms with van der Waals surface area (Å²) in [5.41, 5.74) is 1.65. The molecule has 1 fully saturated rings. The van der Waals surface area contributed by atoms with Crippen LogP contribution in [-0.4, -0.2) is 31.9 Å². The van der Waals surface area contributed by atoms with Crippen molar-refractivity contribution in [3.63, 3.8) is 0 Å². The van der Waals surface area contributed by atoms with Crippen LogP contribution in [0.3, 0.4) is 0 Å². The van der Waals surface area contributed by atoms with E-state index in [9.17, 15) is 18.8 Å². The Bertz CT molecular complexity index is 1350. The number of aromatic amines is 1. The third-order valence-corrected chi connectivity index (χ3v) is 5.31. The molecule has 1 amide bonds. The van der Waals surface area contributed by atoms with Gasteiger partial charge < -0.3 is 5.32 Å². The van der Waals surface area contributed by atoms with Crippen LogP contribution in [-0.2, 0) is 4.79 Å². The van der Waals surface area contributed by atoms with Gasteiger partial charge in [-0.25, -0.2) is 13.3 Å². The van der Waals surface area contributed by atoms with Crippen molar-refractivity contribution in [1.82, 2.24) is 19.8 Å². The third kappa shape index (κ3) is 2.72. The van der Waals surface area contributed by atoms with Gasteiger partial charge in [-0.05, 0) is 24.1 Å². The molecule has 1 aliphatic rings. The first kappa shape index (κ1) is 17.6. The Morgan fingerprint density at radius 3 is 2.97 bits per heavy atom. The zero-order valence-corrected chi connectivity index (χ0v) is 15.3. The molecule has 1 aliphatic carbocycles. The Balaban J connectivity index is 1.59. The van der Waals surface area contributed by atoms with E-state index in [4.69, 9.17) is 11.6 Å². The Morgan fingerprint density at radius 1 is 1.45 bits per heavy atom. The molecule has 0 aliphatic heterocycles. The summed E-state index contributed by atoms with van der Waals surface area (Å²) in [4.78, 5) is 11.9. The van der Waals surface area contributed by atoms with Gasteiger partial charge in [0, 0.05) is 23.2 Å². The molecule has 29 heavy (non-hydrogen) atoms. The first-order valence-corrected chi connectivity index (χ1v) is 9.04. The van der Waals surface area contributed by atoms with E-state index in [1.54, 1.807) is 30.5 Å². The molecule has 0 spiro atoms. The lowest BCUT2D eigenvalue weighted by molar-refractivity contribution is -0.117. The monoisotopic (exact) mass is 412 g/mol. The number of aromatic nitrogens is 4. The fourth-order valence-corrected chi connectivity index (χ4v) is 3.67. The molecule has 5 rings (SSSR count). The molecular weight excluding hydrogens is 402 g/mol. The van der Waals surface area contributed by atoms with Crippen molar-refractivity contribution >= 4 is 39.7 Å². The number of carbonyl (C=O) groups excluding carboxylic acids is 1. The summed E-state index contributed by atoms with van der Waals surface area (Å²) < 4.78 is 29.2. The lowest BCUT2D eigenvalue weighted by Gasteiger charge is -2.09. The fourth-order valence-electron chi connectivity index (χ4n) is 3.37. The first-order chi connectivity index (χ1) is 14.0. The van der Waals surface area contributed by atoms with Crippen LogP contribution < -0.4 is 5.32 Å². The molecule has 0 radical (unpaired) electrons. The summed E-state index contributed by atoms with van der Waals surface area (Å²) in [6.07, 6.45) is 2.25. The smallest absolute Gasteiger partial charge is 0.231 e. The van der Waals surface area contributed by atoms with Crippen LogP contribution >= 0.6 is 11.6 Å². The number of hydrogen-bond acceptors (Lipinski definition) is 4. The second-order valence-corrected chi connectivity index (χ2v) is 7.19. The Kier molecular flexibility index (Phi) is 3.79. The van der Waals surface area contributed by atoms with Gasteiger partial charge in [-0.3, -0.25) is 9.89 Å². The van der Waals surface area contributed by atoms with Gasteiger partial charge in [-0.15, -0.1) is 0 Å². The number of fused-ring (bicyclic) bond motifs is 2. The molecule has 0 bridgehead atoms. The number of rotatable bonds is 3. The van der Waals surface area contributed by atoms with E-state index >= 15 is 0 Å². The van der Waals surface area contributed by atoms with Gasteiger partial charge in [0.15, 0.2) is 11.6 Å². The molecule has 0 unspecified atom stereocenters.